The van der Waals surface area contributed by atoms with Gasteiger partial charge in [-0.15, -0.1) is 0 Å². The number of hydrogen-bond donors (Lipinski definition) is 0. The minimum atomic E-state index is -0.0649. The molecule has 0 unspecified atom stereocenters. The average Bonchev–Trinajstić information content (AvgIpc) is 2.88. The Labute approximate surface area is 84.0 Å². The zero-order valence-electron chi connectivity index (χ0n) is 8.55. The molecule has 3 rings (SSSR count). The lowest BCUT2D eigenvalue weighted by Crippen LogP contribution is -2.27. The molecule has 14 heavy (non-hydrogen) atoms. The van der Waals surface area contributed by atoms with Crippen molar-refractivity contribution in [2.45, 2.75) is 19.0 Å². The van der Waals surface area contributed by atoms with E-state index in [4.69, 9.17) is 14.2 Å². The molecule has 3 heteroatoms. The first kappa shape index (κ1) is 8.89. The first-order valence-electron chi connectivity index (χ1n) is 5.24. The van der Waals surface area contributed by atoms with Crippen molar-refractivity contribution < 1.29 is 14.2 Å². The van der Waals surface area contributed by atoms with E-state index in [1.165, 1.54) is 6.42 Å². The van der Waals surface area contributed by atoms with Gasteiger partial charge >= 0.3 is 0 Å². The van der Waals surface area contributed by atoms with Gasteiger partial charge in [0.15, 0.2) is 12.6 Å². The smallest absolute Gasteiger partial charge is 0.164 e. The van der Waals surface area contributed by atoms with Crippen LogP contribution in [0, 0.1) is 23.7 Å². The van der Waals surface area contributed by atoms with Gasteiger partial charge in [-0.2, -0.15) is 0 Å². The fourth-order valence-corrected chi connectivity index (χ4v) is 3.40. The molecule has 6 atom stereocenters. The number of ether oxygens (including phenoxy) is 3. The molecular weight excluding hydrogens is 180 g/mol. The second-order valence-electron chi connectivity index (χ2n) is 4.45. The van der Waals surface area contributed by atoms with Gasteiger partial charge in [-0.3, -0.25) is 0 Å². The van der Waals surface area contributed by atoms with E-state index in [-0.39, 0.29) is 12.6 Å². The van der Waals surface area contributed by atoms with E-state index >= 15 is 0 Å². The summed E-state index contributed by atoms with van der Waals surface area (Å²) < 4.78 is 16.5. The molecule has 2 fully saturated rings. The van der Waals surface area contributed by atoms with Crippen molar-refractivity contribution in [1.82, 2.24) is 0 Å². The highest BCUT2D eigenvalue weighted by Crippen LogP contribution is 2.55. The van der Waals surface area contributed by atoms with Crippen molar-refractivity contribution >= 4 is 0 Å². The highest BCUT2D eigenvalue weighted by molar-refractivity contribution is 5.16. The Kier molecular flexibility index (Phi) is 1.94. The Morgan fingerprint density at radius 2 is 1.50 bits per heavy atom. The topological polar surface area (TPSA) is 27.7 Å². The molecule has 78 valence electrons. The summed E-state index contributed by atoms with van der Waals surface area (Å²) in [7, 11) is 3.44. The van der Waals surface area contributed by atoms with Crippen LogP contribution in [-0.2, 0) is 14.2 Å². The van der Waals surface area contributed by atoms with Gasteiger partial charge < -0.3 is 14.2 Å². The molecule has 1 aliphatic heterocycles. The van der Waals surface area contributed by atoms with Crippen LogP contribution >= 0.6 is 0 Å². The molecule has 3 aliphatic rings. The molecule has 2 bridgehead atoms. The van der Waals surface area contributed by atoms with Crippen LogP contribution in [0.3, 0.4) is 0 Å². The standard InChI is InChI=1S/C11H16O3/c1-12-10-8-6-3-4-7(5-6)9(8)11(13-2)14-10/h3-4,6-11H,5H2,1-2H3/t6-,7+,8-,9-,10-,11+/m1/s1. The van der Waals surface area contributed by atoms with Crippen LogP contribution in [-0.4, -0.2) is 26.8 Å². The lowest BCUT2D eigenvalue weighted by Gasteiger charge is -2.23. The van der Waals surface area contributed by atoms with Gasteiger partial charge in [-0.05, 0) is 18.3 Å². The minimum absolute atomic E-state index is 0.0649. The van der Waals surface area contributed by atoms with E-state index < -0.39 is 0 Å². The molecule has 3 nitrogen and oxygen atoms in total. The Morgan fingerprint density at radius 3 is 1.93 bits per heavy atom. The second-order valence-corrected chi connectivity index (χ2v) is 4.45. The largest absolute Gasteiger partial charge is 0.355 e. The Hall–Kier alpha value is -0.380. The van der Waals surface area contributed by atoms with E-state index in [0.29, 0.717) is 23.7 Å². The van der Waals surface area contributed by atoms with Crippen LogP contribution in [0.4, 0.5) is 0 Å². The minimum Gasteiger partial charge on any atom is -0.355 e. The van der Waals surface area contributed by atoms with Crippen LogP contribution in [0.1, 0.15) is 6.42 Å². The quantitative estimate of drug-likeness (QED) is 0.625. The Balaban J connectivity index is 1.89. The summed E-state index contributed by atoms with van der Waals surface area (Å²) in [6, 6.07) is 0. The number of fused-ring (bicyclic) bond motifs is 5. The maximum absolute atomic E-state index is 5.72. The van der Waals surface area contributed by atoms with E-state index in [0.717, 1.165) is 0 Å². The molecule has 0 aromatic heterocycles. The van der Waals surface area contributed by atoms with E-state index in [1.807, 2.05) is 0 Å². The summed E-state index contributed by atoms with van der Waals surface area (Å²) in [4.78, 5) is 0. The zero-order chi connectivity index (χ0) is 9.71. The van der Waals surface area contributed by atoms with Crippen LogP contribution in [0.2, 0.25) is 0 Å². The van der Waals surface area contributed by atoms with Crippen LogP contribution in [0.25, 0.3) is 0 Å². The van der Waals surface area contributed by atoms with Gasteiger partial charge in [0.1, 0.15) is 0 Å². The Morgan fingerprint density at radius 1 is 1.00 bits per heavy atom. The SMILES string of the molecule is CO[C@@H]1O[C@H](OC)[C@H]2[C@H]1[C@@H]1C=C[C@H]2C1. The number of methoxy groups -OCH3 is 2. The van der Waals surface area contributed by atoms with Gasteiger partial charge in [0, 0.05) is 26.1 Å². The fourth-order valence-electron chi connectivity index (χ4n) is 3.40. The normalized spacial score (nSPS) is 54.1. The van der Waals surface area contributed by atoms with Crippen molar-refractivity contribution in [2.24, 2.45) is 23.7 Å². The van der Waals surface area contributed by atoms with Gasteiger partial charge in [-0.25, -0.2) is 0 Å². The maximum Gasteiger partial charge on any atom is 0.164 e. The molecule has 2 aliphatic carbocycles. The molecule has 0 aromatic carbocycles. The van der Waals surface area contributed by atoms with Gasteiger partial charge in [0.25, 0.3) is 0 Å². The molecule has 0 spiro atoms. The highest BCUT2D eigenvalue weighted by Gasteiger charge is 2.57. The molecule has 0 radical (unpaired) electrons. The summed E-state index contributed by atoms with van der Waals surface area (Å²) in [5, 5.41) is 0. The molecule has 1 heterocycles. The number of allylic oxidation sites excluding steroid dienone is 2. The number of rotatable bonds is 2. The van der Waals surface area contributed by atoms with Crippen molar-refractivity contribution in [3.63, 3.8) is 0 Å². The van der Waals surface area contributed by atoms with Crippen molar-refractivity contribution in [3.8, 4) is 0 Å². The summed E-state index contributed by atoms with van der Waals surface area (Å²) in [5.74, 6) is 2.32. The van der Waals surface area contributed by atoms with Crippen molar-refractivity contribution in [2.75, 3.05) is 14.2 Å². The molecule has 0 amide bonds. The lowest BCUT2D eigenvalue weighted by molar-refractivity contribution is -0.202. The van der Waals surface area contributed by atoms with Crippen molar-refractivity contribution in [3.05, 3.63) is 12.2 Å². The zero-order valence-corrected chi connectivity index (χ0v) is 8.55. The molecule has 1 saturated heterocycles. The number of hydrogen-bond acceptors (Lipinski definition) is 3. The second kappa shape index (κ2) is 3.05. The summed E-state index contributed by atoms with van der Waals surface area (Å²) in [6.45, 7) is 0. The Bertz CT molecular complexity index is 239. The predicted octanol–water partition coefficient (Wildman–Crippen LogP) is 1.40. The average molecular weight is 196 g/mol. The van der Waals surface area contributed by atoms with Gasteiger partial charge in [0.2, 0.25) is 0 Å². The maximum atomic E-state index is 5.72. The predicted molar refractivity (Wildman–Crippen MR) is 50.4 cm³/mol. The first-order chi connectivity index (χ1) is 6.85. The van der Waals surface area contributed by atoms with Gasteiger partial charge in [0.05, 0.1) is 0 Å². The van der Waals surface area contributed by atoms with Gasteiger partial charge in [-0.1, -0.05) is 12.2 Å². The first-order valence-corrected chi connectivity index (χ1v) is 5.24. The third-order valence-electron chi connectivity index (χ3n) is 3.94. The monoisotopic (exact) mass is 196 g/mol. The van der Waals surface area contributed by atoms with Crippen LogP contribution in [0.5, 0.6) is 0 Å². The summed E-state index contributed by atoms with van der Waals surface area (Å²) >= 11 is 0. The summed E-state index contributed by atoms with van der Waals surface area (Å²) in [6.07, 6.45) is 5.77. The highest BCUT2D eigenvalue weighted by atomic mass is 16.8. The molecule has 1 saturated carbocycles. The molecule has 0 N–H and O–H groups in total. The molecule has 0 aromatic rings. The van der Waals surface area contributed by atoms with Crippen LogP contribution < -0.4 is 0 Å². The third kappa shape index (κ3) is 0.977. The molecular formula is C11H16O3. The van der Waals surface area contributed by atoms with E-state index in [9.17, 15) is 0 Å². The van der Waals surface area contributed by atoms with E-state index in [1.54, 1.807) is 14.2 Å². The lowest BCUT2D eigenvalue weighted by atomic mass is 9.84. The fraction of sp³-hybridized carbons (Fsp3) is 0.818. The third-order valence-corrected chi connectivity index (χ3v) is 3.94. The van der Waals surface area contributed by atoms with Crippen molar-refractivity contribution in [1.29, 1.82) is 0 Å². The summed E-state index contributed by atoms with van der Waals surface area (Å²) in [5.41, 5.74) is 0. The van der Waals surface area contributed by atoms with Crippen LogP contribution in [0.15, 0.2) is 12.2 Å². The van der Waals surface area contributed by atoms with E-state index in [2.05, 4.69) is 12.2 Å².